The number of rotatable bonds is 3. The van der Waals surface area contributed by atoms with Gasteiger partial charge in [-0.3, -0.25) is 4.79 Å². The van der Waals surface area contributed by atoms with Crippen molar-refractivity contribution >= 4 is 22.3 Å². The van der Waals surface area contributed by atoms with Crippen molar-refractivity contribution in [2.75, 3.05) is 19.0 Å². The maximum atomic E-state index is 12.8. The van der Waals surface area contributed by atoms with E-state index in [4.69, 9.17) is 0 Å². The van der Waals surface area contributed by atoms with Crippen LogP contribution in [0.1, 0.15) is 23.6 Å². The molecule has 2 aromatic carbocycles. The molecule has 2 heterocycles. The Hall–Kier alpha value is -3.28. The Morgan fingerprint density at radius 2 is 1.85 bits per heavy atom. The molecule has 0 radical (unpaired) electrons. The number of hydrogen-bond acceptors (Lipinski definition) is 5. The van der Waals surface area contributed by atoms with Crippen molar-refractivity contribution in [1.29, 1.82) is 0 Å². The minimum atomic E-state index is -0.240. The standard InChI is InChI=1S/C21H22N4O2/c1-24(2)14-10-8-13(9-11-14)16-12-17(23-22-16)19-20(26)15-6-4-5-7-18(15)25(3)21(19)27/h4-11,16,22,26H,12H2,1-3H3. The SMILES string of the molecule is CN(C)c1ccc(C2CC(c3c(O)c4ccccc4n(C)c3=O)=NN2)cc1. The fraction of sp³-hybridized carbons (Fsp3) is 0.238. The molecule has 6 heteroatoms. The number of hydrazone groups is 1. The molecule has 0 bridgehead atoms. The first-order chi connectivity index (χ1) is 13.0. The molecule has 1 atom stereocenters. The van der Waals surface area contributed by atoms with Crippen LogP contribution >= 0.6 is 0 Å². The number of aromatic nitrogens is 1. The van der Waals surface area contributed by atoms with E-state index >= 15 is 0 Å². The molecular weight excluding hydrogens is 340 g/mol. The summed E-state index contributed by atoms with van der Waals surface area (Å²) in [5.41, 5.74) is 6.64. The maximum absolute atomic E-state index is 12.8. The lowest BCUT2D eigenvalue weighted by atomic mass is 9.98. The molecule has 1 aromatic heterocycles. The quantitative estimate of drug-likeness (QED) is 0.752. The Kier molecular flexibility index (Phi) is 4.11. The van der Waals surface area contributed by atoms with Crippen LogP contribution in [0.4, 0.5) is 5.69 Å². The third-order valence-electron chi connectivity index (χ3n) is 5.13. The van der Waals surface area contributed by atoms with Crippen molar-refractivity contribution in [1.82, 2.24) is 9.99 Å². The lowest BCUT2D eigenvalue weighted by molar-refractivity contribution is 0.478. The van der Waals surface area contributed by atoms with Crippen molar-refractivity contribution in [2.24, 2.45) is 12.1 Å². The summed E-state index contributed by atoms with van der Waals surface area (Å²) in [4.78, 5) is 14.9. The molecule has 3 aromatic rings. The van der Waals surface area contributed by atoms with Gasteiger partial charge >= 0.3 is 0 Å². The molecule has 0 aliphatic carbocycles. The summed E-state index contributed by atoms with van der Waals surface area (Å²) in [7, 11) is 5.72. The van der Waals surface area contributed by atoms with Crippen LogP contribution in [0.5, 0.6) is 5.75 Å². The molecule has 1 aliphatic heterocycles. The number of benzene rings is 2. The highest BCUT2D eigenvalue weighted by molar-refractivity contribution is 6.07. The van der Waals surface area contributed by atoms with Crippen LogP contribution in [0.3, 0.4) is 0 Å². The number of aryl methyl sites for hydroxylation is 1. The summed E-state index contributed by atoms with van der Waals surface area (Å²) in [6, 6.07) is 15.5. The van der Waals surface area contributed by atoms with Crippen molar-refractivity contribution < 1.29 is 5.11 Å². The highest BCUT2D eigenvalue weighted by Gasteiger charge is 2.27. The molecule has 2 N–H and O–H groups in total. The summed E-state index contributed by atoms with van der Waals surface area (Å²) in [5, 5.41) is 15.8. The van der Waals surface area contributed by atoms with Crippen LogP contribution < -0.4 is 15.9 Å². The summed E-state index contributed by atoms with van der Waals surface area (Å²) in [5.74, 6) is -0.00199. The summed E-state index contributed by atoms with van der Waals surface area (Å²) in [6.45, 7) is 0. The van der Waals surface area contributed by atoms with Crippen molar-refractivity contribution in [3.05, 3.63) is 70.0 Å². The Morgan fingerprint density at radius 1 is 1.15 bits per heavy atom. The third kappa shape index (κ3) is 2.83. The lowest BCUT2D eigenvalue weighted by Crippen LogP contribution is -2.24. The monoisotopic (exact) mass is 362 g/mol. The zero-order valence-electron chi connectivity index (χ0n) is 15.6. The highest BCUT2D eigenvalue weighted by atomic mass is 16.3. The number of nitrogens with one attached hydrogen (secondary N) is 1. The zero-order chi connectivity index (χ0) is 19.1. The van der Waals surface area contributed by atoms with E-state index in [9.17, 15) is 9.90 Å². The Balaban J connectivity index is 1.69. The van der Waals surface area contributed by atoms with Gasteiger partial charge in [-0.25, -0.2) is 0 Å². The molecule has 0 fully saturated rings. The van der Waals surface area contributed by atoms with Crippen molar-refractivity contribution in [2.45, 2.75) is 12.5 Å². The van der Waals surface area contributed by atoms with Gasteiger partial charge in [-0.05, 0) is 29.8 Å². The number of hydrogen-bond donors (Lipinski definition) is 2. The van der Waals surface area contributed by atoms with Crippen LogP contribution in [0.15, 0.2) is 58.4 Å². The third-order valence-corrected chi connectivity index (χ3v) is 5.13. The molecule has 0 amide bonds. The van der Waals surface area contributed by atoms with E-state index in [1.54, 1.807) is 11.6 Å². The lowest BCUT2D eigenvalue weighted by Gasteiger charge is -2.15. The van der Waals surface area contributed by atoms with E-state index in [2.05, 4.69) is 34.8 Å². The topological polar surface area (TPSA) is 69.9 Å². The predicted octanol–water partition coefficient (Wildman–Crippen LogP) is 2.75. The second kappa shape index (κ2) is 6.46. The first-order valence-corrected chi connectivity index (χ1v) is 8.88. The van der Waals surface area contributed by atoms with Crippen molar-refractivity contribution in [3.63, 3.8) is 0 Å². The maximum Gasteiger partial charge on any atom is 0.263 e. The summed E-state index contributed by atoms with van der Waals surface area (Å²) < 4.78 is 1.56. The van der Waals surface area contributed by atoms with Gasteiger partial charge in [0.1, 0.15) is 11.3 Å². The molecule has 0 saturated heterocycles. The molecule has 6 nitrogen and oxygen atoms in total. The molecule has 4 rings (SSSR count). The van der Waals surface area contributed by atoms with Crippen LogP contribution in [0.2, 0.25) is 0 Å². The van der Waals surface area contributed by atoms with E-state index in [1.165, 1.54) is 0 Å². The second-order valence-electron chi connectivity index (χ2n) is 7.04. The van der Waals surface area contributed by atoms with Gasteiger partial charge in [0.15, 0.2) is 0 Å². The summed E-state index contributed by atoms with van der Waals surface area (Å²) >= 11 is 0. The van der Waals surface area contributed by atoms with Gasteiger partial charge in [0, 0.05) is 38.6 Å². The number of anilines is 1. The van der Waals surface area contributed by atoms with Crippen LogP contribution in [-0.2, 0) is 7.05 Å². The number of aromatic hydroxyl groups is 1. The number of pyridine rings is 1. The van der Waals surface area contributed by atoms with E-state index < -0.39 is 0 Å². The number of nitrogens with zero attached hydrogens (tertiary/aromatic N) is 3. The minimum absolute atomic E-state index is 0.00199. The Labute approximate surface area is 157 Å². The first-order valence-electron chi connectivity index (χ1n) is 8.88. The van der Waals surface area contributed by atoms with Gasteiger partial charge in [0.2, 0.25) is 0 Å². The normalized spacial score (nSPS) is 16.3. The van der Waals surface area contributed by atoms with Gasteiger partial charge in [-0.1, -0.05) is 24.3 Å². The number of fused-ring (bicyclic) bond motifs is 1. The fourth-order valence-corrected chi connectivity index (χ4v) is 3.54. The van der Waals surface area contributed by atoms with E-state index in [0.717, 1.165) is 11.3 Å². The molecule has 1 aliphatic rings. The molecule has 0 spiro atoms. The first kappa shape index (κ1) is 17.1. The second-order valence-corrected chi connectivity index (χ2v) is 7.04. The molecular formula is C21H22N4O2. The smallest absolute Gasteiger partial charge is 0.263 e. The van der Waals surface area contributed by atoms with Crippen LogP contribution in [0, 0.1) is 0 Å². The van der Waals surface area contributed by atoms with E-state index in [-0.39, 0.29) is 22.9 Å². The van der Waals surface area contributed by atoms with Gasteiger partial charge < -0.3 is 20.0 Å². The molecule has 27 heavy (non-hydrogen) atoms. The Morgan fingerprint density at radius 3 is 2.56 bits per heavy atom. The van der Waals surface area contributed by atoms with E-state index in [0.29, 0.717) is 23.0 Å². The van der Waals surface area contributed by atoms with Crippen molar-refractivity contribution in [3.8, 4) is 5.75 Å². The van der Waals surface area contributed by atoms with Gasteiger partial charge in [-0.2, -0.15) is 5.10 Å². The average molecular weight is 362 g/mol. The average Bonchev–Trinajstić information content (AvgIpc) is 3.16. The van der Waals surface area contributed by atoms with Gasteiger partial charge in [0.05, 0.1) is 17.3 Å². The number of para-hydroxylation sites is 1. The largest absolute Gasteiger partial charge is 0.506 e. The molecule has 138 valence electrons. The van der Waals surface area contributed by atoms with Crippen LogP contribution in [0.25, 0.3) is 10.9 Å². The molecule has 1 unspecified atom stereocenters. The van der Waals surface area contributed by atoms with E-state index in [1.807, 2.05) is 43.3 Å². The van der Waals surface area contributed by atoms with Gasteiger partial charge in [-0.15, -0.1) is 0 Å². The Bertz CT molecular complexity index is 1100. The predicted molar refractivity (Wildman–Crippen MR) is 109 cm³/mol. The zero-order valence-corrected chi connectivity index (χ0v) is 15.6. The molecule has 0 saturated carbocycles. The minimum Gasteiger partial charge on any atom is -0.506 e. The highest BCUT2D eigenvalue weighted by Crippen LogP contribution is 2.31. The van der Waals surface area contributed by atoms with Crippen LogP contribution in [-0.4, -0.2) is 29.5 Å². The fourth-order valence-electron chi connectivity index (χ4n) is 3.54. The van der Waals surface area contributed by atoms with Gasteiger partial charge in [0.25, 0.3) is 5.56 Å². The summed E-state index contributed by atoms with van der Waals surface area (Å²) in [6.07, 6.45) is 0.544.